The summed E-state index contributed by atoms with van der Waals surface area (Å²) in [7, 11) is -3.83. The number of sulfonamides is 1. The van der Waals surface area contributed by atoms with Crippen LogP contribution < -0.4 is 5.73 Å². The van der Waals surface area contributed by atoms with Crippen LogP contribution in [0.25, 0.3) is 0 Å². The molecule has 1 saturated heterocycles. The molecule has 2 rings (SSSR count). The first-order chi connectivity index (χ1) is 11.1. The van der Waals surface area contributed by atoms with Crippen LogP contribution in [0.4, 0.5) is 0 Å². The van der Waals surface area contributed by atoms with Crippen molar-refractivity contribution in [2.45, 2.75) is 44.6 Å². The van der Waals surface area contributed by atoms with Crippen LogP contribution >= 0.6 is 0 Å². The fraction of sp³-hybridized carbons (Fsp3) is 0.500. The summed E-state index contributed by atoms with van der Waals surface area (Å²) in [5, 5.41) is 0. The maximum Gasteiger partial charge on any atom is 0.324 e. The summed E-state index contributed by atoms with van der Waals surface area (Å²) in [5.74, 6) is -1.52. The molecule has 24 heavy (non-hydrogen) atoms. The minimum Gasteiger partial charge on any atom is -0.454 e. The zero-order chi connectivity index (χ0) is 18.1. The molecule has 0 saturated carbocycles. The summed E-state index contributed by atoms with van der Waals surface area (Å²) in [6.07, 6.45) is 0.917. The van der Waals surface area contributed by atoms with E-state index in [-0.39, 0.29) is 11.4 Å². The first-order valence-electron chi connectivity index (χ1n) is 7.69. The molecule has 0 aromatic heterocycles. The Balaban J connectivity index is 2.35. The number of primary amides is 1. The Labute approximate surface area is 141 Å². The molecule has 7 nitrogen and oxygen atoms in total. The van der Waals surface area contributed by atoms with Gasteiger partial charge in [-0.1, -0.05) is 17.7 Å². The maximum absolute atomic E-state index is 13.1. The molecule has 132 valence electrons. The molecule has 1 aromatic carbocycles. The van der Waals surface area contributed by atoms with Gasteiger partial charge in [-0.15, -0.1) is 0 Å². The molecule has 1 heterocycles. The number of ether oxygens (including phenoxy) is 1. The van der Waals surface area contributed by atoms with E-state index >= 15 is 0 Å². The number of carbonyl (C=O) groups excluding carboxylic acids is 2. The van der Waals surface area contributed by atoms with Gasteiger partial charge in [-0.2, -0.15) is 4.31 Å². The van der Waals surface area contributed by atoms with Crippen molar-refractivity contribution in [3.8, 4) is 0 Å². The predicted molar refractivity (Wildman–Crippen MR) is 87.7 cm³/mol. The molecular formula is C16H22N2O5S. The molecule has 0 spiro atoms. The van der Waals surface area contributed by atoms with Gasteiger partial charge in [-0.25, -0.2) is 8.42 Å². The normalized spacial score (nSPS) is 18.5. The molecule has 1 aliphatic rings. The SMILES string of the molecule is Cc1cc(C)c(S(=O)(=O)N2CCCC2C(=O)OCC(N)=O)c(C)c1. The third kappa shape index (κ3) is 3.59. The van der Waals surface area contributed by atoms with Gasteiger partial charge in [-0.05, 0) is 44.7 Å². The van der Waals surface area contributed by atoms with Crippen molar-refractivity contribution in [3.05, 3.63) is 28.8 Å². The Morgan fingerprint density at radius 3 is 2.38 bits per heavy atom. The van der Waals surface area contributed by atoms with E-state index in [0.29, 0.717) is 24.0 Å². The van der Waals surface area contributed by atoms with Gasteiger partial charge < -0.3 is 10.5 Å². The number of hydrogen-bond acceptors (Lipinski definition) is 5. The summed E-state index contributed by atoms with van der Waals surface area (Å²) in [5.41, 5.74) is 7.22. The first-order valence-corrected chi connectivity index (χ1v) is 9.13. The quantitative estimate of drug-likeness (QED) is 0.787. The van der Waals surface area contributed by atoms with Crippen LogP contribution in [0, 0.1) is 20.8 Å². The molecule has 1 atom stereocenters. The molecule has 2 N–H and O–H groups in total. The third-order valence-electron chi connectivity index (χ3n) is 4.00. The molecule has 1 aliphatic heterocycles. The number of benzene rings is 1. The Kier molecular flexibility index (Phi) is 5.29. The van der Waals surface area contributed by atoms with Gasteiger partial charge in [0.1, 0.15) is 6.04 Å². The molecule has 1 fully saturated rings. The average Bonchev–Trinajstić information content (AvgIpc) is 2.93. The highest BCUT2D eigenvalue weighted by Crippen LogP contribution is 2.31. The van der Waals surface area contributed by atoms with Crippen LogP contribution in [0.2, 0.25) is 0 Å². The fourth-order valence-corrected chi connectivity index (χ4v) is 5.25. The number of nitrogens with zero attached hydrogens (tertiary/aromatic N) is 1. The number of hydrogen-bond donors (Lipinski definition) is 1. The lowest BCUT2D eigenvalue weighted by Gasteiger charge is -2.24. The molecule has 1 unspecified atom stereocenters. The molecule has 0 bridgehead atoms. The monoisotopic (exact) mass is 354 g/mol. The molecule has 8 heteroatoms. The van der Waals surface area contributed by atoms with Crippen molar-refractivity contribution in [1.29, 1.82) is 0 Å². The molecule has 1 aromatic rings. The van der Waals surface area contributed by atoms with E-state index in [1.807, 2.05) is 6.92 Å². The van der Waals surface area contributed by atoms with E-state index in [1.165, 1.54) is 4.31 Å². The summed E-state index contributed by atoms with van der Waals surface area (Å²) in [6, 6.07) is 2.68. The van der Waals surface area contributed by atoms with Gasteiger partial charge in [0.05, 0.1) is 4.90 Å². The van der Waals surface area contributed by atoms with Gasteiger partial charge in [0.15, 0.2) is 6.61 Å². The number of esters is 1. The zero-order valence-corrected chi connectivity index (χ0v) is 14.9. The molecule has 0 radical (unpaired) electrons. The van der Waals surface area contributed by atoms with Crippen LogP contribution in [0.15, 0.2) is 17.0 Å². The van der Waals surface area contributed by atoms with E-state index in [2.05, 4.69) is 0 Å². The minimum absolute atomic E-state index is 0.225. The standard InChI is InChI=1S/C16H22N2O5S/c1-10-7-11(2)15(12(3)8-10)24(21,22)18-6-4-5-13(18)16(20)23-9-14(17)19/h7-8,13H,4-6,9H2,1-3H3,(H2,17,19). The number of nitrogens with two attached hydrogens (primary N) is 1. The fourth-order valence-electron chi connectivity index (χ4n) is 3.19. The van der Waals surface area contributed by atoms with E-state index in [1.54, 1.807) is 26.0 Å². The highest BCUT2D eigenvalue weighted by atomic mass is 32.2. The van der Waals surface area contributed by atoms with Crippen LogP contribution in [0.3, 0.4) is 0 Å². The van der Waals surface area contributed by atoms with Crippen LogP contribution in [-0.4, -0.2) is 43.8 Å². The largest absolute Gasteiger partial charge is 0.454 e. The van der Waals surface area contributed by atoms with Gasteiger partial charge in [0.2, 0.25) is 10.0 Å². The van der Waals surface area contributed by atoms with Crippen LogP contribution in [-0.2, 0) is 24.3 Å². The third-order valence-corrected chi connectivity index (χ3v) is 6.22. The number of amides is 1. The van der Waals surface area contributed by atoms with Gasteiger partial charge in [-0.3, -0.25) is 9.59 Å². The van der Waals surface area contributed by atoms with Crippen LogP contribution in [0.1, 0.15) is 29.5 Å². The van der Waals surface area contributed by atoms with Crippen molar-refractivity contribution in [2.24, 2.45) is 5.73 Å². The smallest absolute Gasteiger partial charge is 0.324 e. The van der Waals surface area contributed by atoms with E-state index < -0.39 is 34.5 Å². The van der Waals surface area contributed by atoms with Crippen molar-refractivity contribution < 1.29 is 22.7 Å². The summed E-state index contributed by atoms with van der Waals surface area (Å²) in [4.78, 5) is 23.1. The molecular weight excluding hydrogens is 332 g/mol. The summed E-state index contributed by atoms with van der Waals surface area (Å²) >= 11 is 0. The Morgan fingerprint density at radius 1 is 1.25 bits per heavy atom. The second-order valence-electron chi connectivity index (χ2n) is 6.08. The van der Waals surface area contributed by atoms with E-state index in [0.717, 1.165) is 5.56 Å². The molecule has 1 amide bonds. The van der Waals surface area contributed by atoms with E-state index in [4.69, 9.17) is 10.5 Å². The Bertz CT molecular complexity index is 750. The maximum atomic E-state index is 13.1. The number of carbonyl (C=O) groups is 2. The van der Waals surface area contributed by atoms with Crippen molar-refractivity contribution in [1.82, 2.24) is 4.31 Å². The second-order valence-corrected chi connectivity index (χ2v) is 7.90. The molecule has 0 aliphatic carbocycles. The summed E-state index contributed by atoms with van der Waals surface area (Å²) < 4.78 is 32.1. The van der Waals surface area contributed by atoms with Crippen molar-refractivity contribution in [3.63, 3.8) is 0 Å². The lowest BCUT2D eigenvalue weighted by molar-refractivity contribution is -0.151. The van der Waals surface area contributed by atoms with Gasteiger partial charge in [0.25, 0.3) is 5.91 Å². The highest BCUT2D eigenvalue weighted by Gasteiger charge is 2.41. The van der Waals surface area contributed by atoms with Gasteiger partial charge in [0, 0.05) is 6.54 Å². The zero-order valence-electron chi connectivity index (χ0n) is 14.0. The van der Waals surface area contributed by atoms with E-state index in [9.17, 15) is 18.0 Å². The first kappa shape index (κ1) is 18.4. The predicted octanol–water partition coefficient (Wildman–Crippen LogP) is 0.793. The summed E-state index contributed by atoms with van der Waals surface area (Å²) in [6.45, 7) is 5.07. The topological polar surface area (TPSA) is 107 Å². The Morgan fingerprint density at radius 2 is 1.83 bits per heavy atom. The Hall–Kier alpha value is -1.93. The number of rotatable bonds is 5. The van der Waals surface area contributed by atoms with Gasteiger partial charge >= 0.3 is 5.97 Å². The minimum atomic E-state index is -3.83. The van der Waals surface area contributed by atoms with Crippen molar-refractivity contribution in [2.75, 3.05) is 13.2 Å². The lowest BCUT2D eigenvalue weighted by atomic mass is 10.1. The van der Waals surface area contributed by atoms with Crippen LogP contribution in [0.5, 0.6) is 0 Å². The lowest BCUT2D eigenvalue weighted by Crippen LogP contribution is -2.42. The second kappa shape index (κ2) is 6.90. The van der Waals surface area contributed by atoms with Crippen molar-refractivity contribution >= 4 is 21.9 Å². The highest BCUT2D eigenvalue weighted by molar-refractivity contribution is 7.89. The number of aryl methyl sites for hydroxylation is 3. The average molecular weight is 354 g/mol.